The smallest absolute Gasteiger partial charge is 0.321 e. The highest BCUT2D eigenvalue weighted by Gasteiger charge is 2.40. The van der Waals surface area contributed by atoms with Crippen LogP contribution in [0.15, 0.2) is 48.7 Å². The minimum absolute atomic E-state index is 0.0246. The highest BCUT2D eigenvalue weighted by molar-refractivity contribution is 6.30. The Kier molecular flexibility index (Phi) is 5.29. The molecule has 1 aromatic heterocycles. The number of nitrogens with one attached hydrogen (secondary N) is 1. The molecule has 3 rings (SSSR count). The van der Waals surface area contributed by atoms with Crippen LogP contribution in [0.25, 0.3) is 5.69 Å². The van der Waals surface area contributed by atoms with Crippen molar-refractivity contribution in [3.8, 4) is 5.69 Å². The van der Waals surface area contributed by atoms with E-state index in [0.717, 1.165) is 6.20 Å². The summed E-state index contributed by atoms with van der Waals surface area (Å²) in [5, 5.41) is 17.3. The lowest BCUT2D eigenvalue weighted by molar-refractivity contribution is -0.385. The van der Waals surface area contributed by atoms with Crippen LogP contribution < -0.4 is 5.32 Å². The average molecular weight is 425 g/mol. The summed E-state index contributed by atoms with van der Waals surface area (Å²) in [5.41, 5.74) is -2.07. The van der Waals surface area contributed by atoms with Gasteiger partial charge in [0.2, 0.25) is 0 Å². The van der Waals surface area contributed by atoms with Crippen LogP contribution in [0.2, 0.25) is 5.02 Å². The van der Waals surface area contributed by atoms with E-state index in [4.69, 9.17) is 11.6 Å². The van der Waals surface area contributed by atoms with Crippen molar-refractivity contribution in [2.45, 2.75) is 13.1 Å². The molecule has 0 radical (unpaired) electrons. The normalized spacial score (nSPS) is 11.3. The fourth-order valence-corrected chi connectivity index (χ4v) is 2.84. The lowest BCUT2D eigenvalue weighted by atomic mass is 10.1. The predicted octanol–water partition coefficient (Wildman–Crippen LogP) is 5.01. The van der Waals surface area contributed by atoms with Gasteiger partial charge in [0.25, 0.3) is 11.6 Å². The van der Waals surface area contributed by atoms with Crippen molar-refractivity contribution in [2.75, 3.05) is 5.32 Å². The average Bonchev–Trinajstić information content (AvgIpc) is 3.09. The first-order valence-electron chi connectivity index (χ1n) is 8.06. The minimum atomic E-state index is -4.89. The largest absolute Gasteiger partial charge is 0.434 e. The molecule has 1 heterocycles. The molecule has 0 spiro atoms. The summed E-state index contributed by atoms with van der Waals surface area (Å²) in [6.45, 7) is 1.38. The van der Waals surface area contributed by atoms with E-state index < -0.39 is 28.3 Å². The number of nitro groups is 1. The second kappa shape index (κ2) is 7.55. The summed E-state index contributed by atoms with van der Waals surface area (Å²) in [6, 6.07) is 9.36. The lowest BCUT2D eigenvalue weighted by Crippen LogP contribution is -2.21. The van der Waals surface area contributed by atoms with Crippen molar-refractivity contribution >= 4 is 28.9 Å². The Bertz CT molecular complexity index is 1090. The van der Waals surface area contributed by atoms with Gasteiger partial charge in [0.05, 0.1) is 33.6 Å². The van der Waals surface area contributed by atoms with Crippen LogP contribution in [0.5, 0.6) is 0 Å². The second-order valence-corrected chi connectivity index (χ2v) is 6.39. The molecular weight excluding hydrogens is 413 g/mol. The zero-order valence-electron chi connectivity index (χ0n) is 14.7. The van der Waals surface area contributed by atoms with Crippen molar-refractivity contribution < 1.29 is 22.9 Å². The second-order valence-electron chi connectivity index (χ2n) is 5.95. The Labute approximate surface area is 166 Å². The molecule has 0 saturated carbocycles. The van der Waals surface area contributed by atoms with Crippen LogP contribution >= 0.6 is 11.6 Å². The molecule has 0 aliphatic heterocycles. The van der Waals surface area contributed by atoms with Gasteiger partial charge in [-0.15, -0.1) is 0 Å². The van der Waals surface area contributed by atoms with E-state index in [0.29, 0.717) is 9.70 Å². The third-order valence-electron chi connectivity index (χ3n) is 4.10. The molecule has 0 fully saturated rings. The summed E-state index contributed by atoms with van der Waals surface area (Å²) in [7, 11) is 0. The number of hydrogen-bond acceptors (Lipinski definition) is 4. The summed E-state index contributed by atoms with van der Waals surface area (Å²) in [4.78, 5) is 22.9. The predicted molar refractivity (Wildman–Crippen MR) is 99.4 cm³/mol. The first-order chi connectivity index (χ1) is 13.6. The molecule has 2 aromatic carbocycles. The highest BCUT2D eigenvalue weighted by atomic mass is 35.5. The van der Waals surface area contributed by atoms with Crippen LogP contribution in [0.4, 0.5) is 24.5 Å². The Balaban J connectivity index is 2.03. The number of nitrogens with zero attached hydrogens (tertiary/aromatic N) is 3. The maximum atomic E-state index is 13.7. The van der Waals surface area contributed by atoms with E-state index >= 15 is 0 Å². The standard InChI is InChI=1S/C18H12ClF3N4O3/c1-10-14(3-2-4-15(10)26(28)29)24-17(27)13-9-23-25(16(13)18(20,21)22)12-7-5-11(19)6-8-12/h2-9H,1H3,(H,24,27). The highest BCUT2D eigenvalue weighted by Crippen LogP contribution is 2.34. The van der Waals surface area contributed by atoms with Crippen LogP contribution in [0, 0.1) is 17.0 Å². The number of amides is 1. The van der Waals surface area contributed by atoms with Gasteiger partial charge in [-0.05, 0) is 37.3 Å². The summed E-state index contributed by atoms with van der Waals surface area (Å²) in [5.74, 6) is -1.10. The van der Waals surface area contributed by atoms with Crippen LogP contribution in [0.1, 0.15) is 21.6 Å². The number of aromatic nitrogens is 2. The number of benzene rings is 2. The van der Waals surface area contributed by atoms with Crippen molar-refractivity contribution in [1.29, 1.82) is 0 Å². The van der Waals surface area contributed by atoms with Gasteiger partial charge < -0.3 is 5.32 Å². The third-order valence-corrected chi connectivity index (χ3v) is 4.36. The Hall–Kier alpha value is -3.40. The van der Waals surface area contributed by atoms with E-state index in [2.05, 4.69) is 10.4 Å². The van der Waals surface area contributed by atoms with Gasteiger partial charge in [-0.25, -0.2) is 4.68 Å². The summed E-state index contributed by atoms with van der Waals surface area (Å²) >= 11 is 5.76. The van der Waals surface area contributed by atoms with Crippen molar-refractivity contribution in [3.05, 3.63) is 80.6 Å². The molecule has 0 saturated heterocycles. The zero-order valence-corrected chi connectivity index (χ0v) is 15.5. The Morgan fingerprint density at radius 1 is 1.21 bits per heavy atom. The Morgan fingerprint density at radius 3 is 2.45 bits per heavy atom. The van der Waals surface area contributed by atoms with Gasteiger partial charge in [0, 0.05) is 11.1 Å². The van der Waals surface area contributed by atoms with Gasteiger partial charge in [-0.2, -0.15) is 18.3 Å². The maximum Gasteiger partial charge on any atom is 0.434 e. The number of rotatable bonds is 4. The van der Waals surface area contributed by atoms with Crippen LogP contribution in [-0.4, -0.2) is 20.6 Å². The number of halogens is 4. The maximum absolute atomic E-state index is 13.7. The fourth-order valence-electron chi connectivity index (χ4n) is 2.71. The van der Waals surface area contributed by atoms with E-state index in [1.165, 1.54) is 49.4 Å². The van der Waals surface area contributed by atoms with Crippen LogP contribution in [0.3, 0.4) is 0 Å². The molecule has 7 nitrogen and oxygen atoms in total. The number of carbonyl (C=O) groups is 1. The molecule has 150 valence electrons. The summed E-state index contributed by atoms with van der Waals surface area (Å²) < 4.78 is 41.7. The molecular formula is C18H12ClF3N4O3. The molecule has 0 bridgehead atoms. The van der Waals surface area contributed by atoms with Crippen molar-refractivity contribution in [3.63, 3.8) is 0 Å². The molecule has 29 heavy (non-hydrogen) atoms. The first-order valence-corrected chi connectivity index (χ1v) is 8.44. The van der Waals surface area contributed by atoms with E-state index in [1.807, 2.05) is 0 Å². The number of carbonyl (C=O) groups excluding carboxylic acids is 1. The molecule has 0 aliphatic rings. The fraction of sp³-hybridized carbons (Fsp3) is 0.111. The van der Waals surface area contributed by atoms with Crippen molar-refractivity contribution in [2.24, 2.45) is 0 Å². The molecule has 0 aliphatic carbocycles. The number of hydrogen-bond donors (Lipinski definition) is 1. The van der Waals surface area contributed by atoms with E-state index in [-0.39, 0.29) is 22.6 Å². The molecule has 1 N–H and O–H groups in total. The SMILES string of the molecule is Cc1c(NC(=O)c2cnn(-c3ccc(Cl)cc3)c2C(F)(F)F)cccc1[N+](=O)[O-]. The van der Waals surface area contributed by atoms with Gasteiger partial charge in [-0.3, -0.25) is 14.9 Å². The summed E-state index contributed by atoms with van der Waals surface area (Å²) in [6.07, 6.45) is -4.10. The molecule has 0 unspecified atom stereocenters. The molecule has 3 aromatic rings. The zero-order chi connectivity index (χ0) is 21.3. The third kappa shape index (κ3) is 4.06. The topological polar surface area (TPSA) is 90.1 Å². The van der Waals surface area contributed by atoms with Gasteiger partial charge >= 0.3 is 6.18 Å². The van der Waals surface area contributed by atoms with Gasteiger partial charge in [0.15, 0.2) is 5.69 Å². The first kappa shape index (κ1) is 20.3. The molecule has 1 amide bonds. The van der Waals surface area contributed by atoms with E-state index in [1.54, 1.807) is 0 Å². The van der Waals surface area contributed by atoms with Crippen LogP contribution in [-0.2, 0) is 6.18 Å². The van der Waals surface area contributed by atoms with E-state index in [9.17, 15) is 28.1 Å². The van der Waals surface area contributed by atoms with Gasteiger partial charge in [-0.1, -0.05) is 17.7 Å². The van der Waals surface area contributed by atoms with Gasteiger partial charge in [0.1, 0.15) is 0 Å². The number of anilines is 1. The Morgan fingerprint density at radius 2 is 1.86 bits per heavy atom. The molecule has 0 atom stereocenters. The quantitative estimate of drug-likeness (QED) is 0.470. The monoisotopic (exact) mass is 424 g/mol. The lowest BCUT2D eigenvalue weighted by Gasteiger charge is -2.13. The molecule has 11 heteroatoms. The minimum Gasteiger partial charge on any atom is -0.321 e. The number of alkyl halides is 3. The number of nitro benzene ring substituents is 1. The van der Waals surface area contributed by atoms with Crippen molar-refractivity contribution in [1.82, 2.24) is 9.78 Å².